The standard InChI is InChI=1S/C13H18N4OS/c1-4-14-11(7-13-15-9(2)8-19-13)10-5-6-12(18-3)17-16-10/h5-6,8,11,14H,4,7H2,1-3H3. The quantitative estimate of drug-likeness (QED) is 0.877. The van der Waals surface area contributed by atoms with Crippen LogP contribution in [0.1, 0.15) is 29.4 Å². The Morgan fingerprint density at radius 1 is 1.37 bits per heavy atom. The van der Waals surface area contributed by atoms with Crippen LogP contribution in [0.25, 0.3) is 0 Å². The molecule has 2 aromatic heterocycles. The summed E-state index contributed by atoms with van der Waals surface area (Å²) in [5.74, 6) is 0.532. The van der Waals surface area contributed by atoms with Crippen LogP contribution in [-0.2, 0) is 6.42 Å². The topological polar surface area (TPSA) is 59.9 Å². The highest BCUT2D eigenvalue weighted by Gasteiger charge is 2.15. The first-order valence-corrected chi connectivity index (χ1v) is 7.13. The van der Waals surface area contributed by atoms with Crippen LogP contribution in [0.2, 0.25) is 0 Å². The fraction of sp³-hybridized carbons (Fsp3) is 0.462. The Morgan fingerprint density at radius 2 is 2.21 bits per heavy atom. The van der Waals surface area contributed by atoms with E-state index in [2.05, 4.69) is 32.8 Å². The first-order chi connectivity index (χ1) is 9.22. The maximum absolute atomic E-state index is 5.03. The summed E-state index contributed by atoms with van der Waals surface area (Å²) in [6.45, 7) is 4.97. The van der Waals surface area contributed by atoms with Crippen LogP contribution in [-0.4, -0.2) is 28.8 Å². The van der Waals surface area contributed by atoms with E-state index in [9.17, 15) is 0 Å². The number of hydrogen-bond acceptors (Lipinski definition) is 6. The summed E-state index contributed by atoms with van der Waals surface area (Å²) in [7, 11) is 1.59. The van der Waals surface area contributed by atoms with Gasteiger partial charge in [0, 0.05) is 23.6 Å². The van der Waals surface area contributed by atoms with Crippen molar-refractivity contribution in [2.75, 3.05) is 13.7 Å². The number of aromatic nitrogens is 3. The van der Waals surface area contributed by atoms with Crippen LogP contribution in [0, 0.1) is 6.92 Å². The summed E-state index contributed by atoms with van der Waals surface area (Å²) in [4.78, 5) is 4.50. The summed E-state index contributed by atoms with van der Waals surface area (Å²) < 4.78 is 5.03. The van der Waals surface area contributed by atoms with Crippen molar-refractivity contribution >= 4 is 11.3 Å². The molecule has 102 valence electrons. The van der Waals surface area contributed by atoms with Crippen molar-refractivity contribution in [3.05, 3.63) is 33.9 Å². The van der Waals surface area contributed by atoms with Gasteiger partial charge in [-0.25, -0.2) is 4.98 Å². The van der Waals surface area contributed by atoms with Crippen LogP contribution in [0.5, 0.6) is 5.88 Å². The molecule has 0 bridgehead atoms. The van der Waals surface area contributed by atoms with Crippen molar-refractivity contribution in [1.29, 1.82) is 0 Å². The van der Waals surface area contributed by atoms with E-state index < -0.39 is 0 Å². The van der Waals surface area contributed by atoms with Crippen molar-refractivity contribution in [3.63, 3.8) is 0 Å². The molecule has 0 fully saturated rings. The van der Waals surface area contributed by atoms with Crippen LogP contribution in [0.3, 0.4) is 0 Å². The molecule has 0 saturated carbocycles. The van der Waals surface area contributed by atoms with E-state index in [0.717, 1.165) is 29.4 Å². The van der Waals surface area contributed by atoms with E-state index in [4.69, 9.17) is 4.74 Å². The van der Waals surface area contributed by atoms with E-state index in [1.165, 1.54) is 0 Å². The van der Waals surface area contributed by atoms with Gasteiger partial charge in [0.15, 0.2) is 0 Å². The molecular formula is C13H18N4OS. The highest BCUT2D eigenvalue weighted by molar-refractivity contribution is 7.09. The maximum Gasteiger partial charge on any atom is 0.233 e. The minimum atomic E-state index is 0.133. The van der Waals surface area contributed by atoms with Gasteiger partial charge in [-0.3, -0.25) is 0 Å². The average Bonchev–Trinajstić information content (AvgIpc) is 2.84. The zero-order valence-electron chi connectivity index (χ0n) is 11.4. The minimum Gasteiger partial charge on any atom is -0.480 e. The Kier molecular flexibility index (Phi) is 4.81. The van der Waals surface area contributed by atoms with E-state index in [-0.39, 0.29) is 6.04 Å². The molecule has 0 spiro atoms. The second-order valence-corrected chi connectivity index (χ2v) is 5.14. The van der Waals surface area contributed by atoms with Gasteiger partial charge in [-0.15, -0.1) is 16.4 Å². The first kappa shape index (κ1) is 13.9. The molecular weight excluding hydrogens is 260 g/mol. The lowest BCUT2D eigenvalue weighted by molar-refractivity contribution is 0.389. The normalized spacial score (nSPS) is 12.4. The monoisotopic (exact) mass is 278 g/mol. The lowest BCUT2D eigenvalue weighted by Gasteiger charge is -2.15. The molecule has 2 heterocycles. The van der Waals surface area contributed by atoms with Crippen molar-refractivity contribution in [2.45, 2.75) is 26.3 Å². The second-order valence-electron chi connectivity index (χ2n) is 4.20. The lowest BCUT2D eigenvalue weighted by atomic mass is 10.1. The summed E-state index contributed by atoms with van der Waals surface area (Å²) in [5, 5.41) is 14.8. The number of likely N-dealkylation sites (N-methyl/N-ethyl adjacent to an activating group) is 1. The van der Waals surface area contributed by atoms with E-state index in [1.54, 1.807) is 18.4 Å². The molecule has 0 aliphatic rings. The molecule has 2 rings (SSSR count). The van der Waals surface area contributed by atoms with E-state index >= 15 is 0 Å². The third-order valence-corrected chi connectivity index (χ3v) is 3.71. The molecule has 0 saturated heterocycles. The number of methoxy groups -OCH3 is 1. The fourth-order valence-electron chi connectivity index (χ4n) is 1.82. The summed E-state index contributed by atoms with van der Waals surface area (Å²) >= 11 is 1.68. The van der Waals surface area contributed by atoms with Crippen LogP contribution in [0.4, 0.5) is 0 Å². The number of nitrogens with one attached hydrogen (secondary N) is 1. The molecule has 0 aromatic carbocycles. The summed E-state index contributed by atoms with van der Waals surface area (Å²) in [6.07, 6.45) is 0.827. The fourth-order valence-corrected chi connectivity index (χ4v) is 2.64. The first-order valence-electron chi connectivity index (χ1n) is 6.25. The van der Waals surface area contributed by atoms with E-state index in [1.807, 2.05) is 19.1 Å². The van der Waals surface area contributed by atoms with Crippen LogP contribution >= 0.6 is 11.3 Å². The maximum atomic E-state index is 5.03. The predicted molar refractivity (Wildman–Crippen MR) is 75.6 cm³/mol. The van der Waals surface area contributed by atoms with Gasteiger partial charge >= 0.3 is 0 Å². The molecule has 1 N–H and O–H groups in total. The molecule has 0 amide bonds. The highest BCUT2D eigenvalue weighted by atomic mass is 32.1. The predicted octanol–water partition coefficient (Wildman–Crippen LogP) is 2.14. The average molecular weight is 278 g/mol. The van der Waals surface area contributed by atoms with Crippen molar-refractivity contribution in [3.8, 4) is 5.88 Å². The largest absolute Gasteiger partial charge is 0.480 e. The van der Waals surface area contributed by atoms with Gasteiger partial charge in [0.05, 0.1) is 23.9 Å². The second kappa shape index (κ2) is 6.58. The van der Waals surface area contributed by atoms with E-state index in [0.29, 0.717) is 5.88 Å². The van der Waals surface area contributed by atoms with Crippen LogP contribution < -0.4 is 10.1 Å². The van der Waals surface area contributed by atoms with Crippen LogP contribution in [0.15, 0.2) is 17.5 Å². The molecule has 2 aromatic rings. The number of nitrogens with zero attached hydrogens (tertiary/aromatic N) is 3. The Bertz CT molecular complexity index is 512. The Labute approximate surface area is 117 Å². The number of hydrogen-bond donors (Lipinski definition) is 1. The molecule has 0 radical (unpaired) electrons. The van der Waals surface area contributed by atoms with Gasteiger partial charge in [-0.2, -0.15) is 5.10 Å². The lowest BCUT2D eigenvalue weighted by Crippen LogP contribution is -2.24. The number of ether oxygens (including phenoxy) is 1. The molecule has 6 heteroatoms. The summed E-state index contributed by atoms with van der Waals surface area (Å²) in [6, 6.07) is 3.91. The Balaban J connectivity index is 2.13. The van der Waals surface area contributed by atoms with Gasteiger partial charge in [-0.1, -0.05) is 6.92 Å². The van der Waals surface area contributed by atoms with Crippen molar-refractivity contribution in [1.82, 2.24) is 20.5 Å². The highest BCUT2D eigenvalue weighted by Crippen LogP contribution is 2.19. The Hall–Kier alpha value is -1.53. The zero-order chi connectivity index (χ0) is 13.7. The molecule has 5 nitrogen and oxygen atoms in total. The minimum absolute atomic E-state index is 0.133. The van der Waals surface area contributed by atoms with Gasteiger partial charge in [0.2, 0.25) is 5.88 Å². The molecule has 1 atom stereocenters. The number of thiazole rings is 1. The molecule has 0 aliphatic heterocycles. The Morgan fingerprint density at radius 3 is 2.74 bits per heavy atom. The number of aryl methyl sites for hydroxylation is 1. The van der Waals surface area contributed by atoms with Crippen molar-refractivity contribution in [2.24, 2.45) is 0 Å². The smallest absolute Gasteiger partial charge is 0.233 e. The molecule has 19 heavy (non-hydrogen) atoms. The summed E-state index contributed by atoms with van der Waals surface area (Å²) in [5.41, 5.74) is 1.98. The number of rotatable bonds is 6. The molecule has 1 unspecified atom stereocenters. The van der Waals surface area contributed by atoms with Crippen molar-refractivity contribution < 1.29 is 4.74 Å². The van der Waals surface area contributed by atoms with Gasteiger partial charge in [0.25, 0.3) is 0 Å². The SMILES string of the molecule is CCNC(Cc1nc(C)cs1)c1ccc(OC)nn1. The van der Waals surface area contributed by atoms with Gasteiger partial charge in [-0.05, 0) is 19.5 Å². The third kappa shape index (κ3) is 3.71. The molecule has 0 aliphatic carbocycles. The van der Waals surface area contributed by atoms with Gasteiger partial charge < -0.3 is 10.1 Å². The zero-order valence-corrected chi connectivity index (χ0v) is 12.2. The van der Waals surface area contributed by atoms with Gasteiger partial charge in [0.1, 0.15) is 0 Å². The third-order valence-electron chi connectivity index (χ3n) is 2.72.